The maximum absolute atomic E-state index is 5.56. The van der Waals surface area contributed by atoms with E-state index in [9.17, 15) is 0 Å². The second-order valence-electron chi connectivity index (χ2n) is 4.66. The Morgan fingerprint density at radius 2 is 2.31 bits per heavy atom. The molecule has 0 saturated heterocycles. The van der Waals surface area contributed by atoms with Crippen LogP contribution in [0.4, 0.5) is 11.8 Å². The van der Waals surface area contributed by atoms with Gasteiger partial charge in [-0.2, -0.15) is 4.98 Å². The number of nitrogens with zero attached hydrogens (tertiary/aromatic N) is 2. The first-order chi connectivity index (χ1) is 7.70. The highest BCUT2D eigenvalue weighted by Gasteiger charge is 2.31. The number of nitrogens with one attached hydrogen (secondary N) is 1. The van der Waals surface area contributed by atoms with E-state index in [1.807, 2.05) is 6.07 Å². The molecule has 4 heteroatoms. The Morgan fingerprint density at radius 1 is 1.50 bits per heavy atom. The maximum Gasteiger partial charge on any atom is 0.221 e. The van der Waals surface area contributed by atoms with Crippen LogP contribution < -0.4 is 11.1 Å². The molecule has 1 aromatic heterocycles. The molecule has 16 heavy (non-hydrogen) atoms. The molecule has 3 atom stereocenters. The summed E-state index contributed by atoms with van der Waals surface area (Å²) in [6.45, 7) is 4.59. The number of hydrogen-bond acceptors (Lipinski definition) is 4. The van der Waals surface area contributed by atoms with Crippen LogP contribution in [0.2, 0.25) is 0 Å². The fourth-order valence-corrected chi connectivity index (χ4v) is 2.67. The largest absolute Gasteiger partial charge is 0.368 e. The Labute approximate surface area is 96.7 Å². The van der Waals surface area contributed by atoms with Gasteiger partial charge in [-0.3, -0.25) is 0 Å². The highest BCUT2D eigenvalue weighted by Crippen LogP contribution is 2.35. The van der Waals surface area contributed by atoms with Crippen molar-refractivity contribution in [1.29, 1.82) is 0 Å². The van der Waals surface area contributed by atoms with Gasteiger partial charge in [-0.15, -0.1) is 0 Å². The fraction of sp³-hybridized carbons (Fsp3) is 0.667. The van der Waals surface area contributed by atoms with E-state index in [-0.39, 0.29) is 0 Å². The van der Waals surface area contributed by atoms with E-state index < -0.39 is 0 Å². The Bertz CT molecular complexity index is 353. The topological polar surface area (TPSA) is 63.8 Å². The SMILES string of the molecule is CCC1CCC(Nc2ccnc(N)n2)C1C. The zero-order chi connectivity index (χ0) is 11.5. The Hall–Kier alpha value is -1.32. The van der Waals surface area contributed by atoms with E-state index in [4.69, 9.17) is 5.73 Å². The summed E-state index contributed by atoms with van der Waals surface area (Å²) in [5.74, 6) is 2.74. The highest BCUT2D eigenvalue weighted by atomic mass is 15.1. The van der Waals surface area contributed by atoms with Crippen molar-refractivity contribution in [2.45, 2.75) is 39.2 Å². The van der Waals surface area contributed by atoms with Gasteiger partial charge in [0.25, 0.3) is 0 Å². The van der Waals surface area contributed by atoms with Gasteiger partial charge in [0.2, 0.25) is 5.95 Å². The predicted octanol–water partition coefficient (Wildman–Crippen LogP) is 2.30. The van der Waals surface area contributed by atoms with Crippen LogP contribution in [0.1, 0.15) is 33.1 Å². The minimum Gasteiger partial charge on any atom is -0.368 e. The molecular formula is C12H20N4. The molecule has 0 aromatic carbocycles. The standard InChI is InChI=1S/C12H20N4/c1-3-9-4-5-10(8(9)2)15-11-6-7-14-12(13)16-11/h6-10H,3-5H2,1-2H3,(H3,13,14,15,16). The monoisotopic (exact) mass is 220 g/mol. The average Bonchev–Trinajstić information content (AvgIpc) is 2.60. The van der Waals surface area contributed by atoms with Gasteiger partial charge in [0.1, 0.15) is 5.82 Å². The van der Waals surface area contributed by atoms with E-state index >= 15 is 0 Å². The number of nitrogens with two attached hydrogens (primary N) is 1. The third-order valence-corrected chi connectivity index (χ3v) is 3.76. The van der Waals surface area contributed by atoms with E-state index in [0.717, 1.165) is 11.7 Å². The van der Waals surface area contributed by atoms with Crippen LogP contribution >= 0.6 is 0 Å². The van der Waals surface area contributed by atoms with Crippen molar-refractivity contribution >= 4 is 11.8 Å². The number of aromatic nitrogens is 2. The quantitative estimate of drug-likeness (QED) is 0.820. The van der Waals surface area contributed by atoms with Gasteiger partial charge in [0, 0.05) is 12.2 Å². The molecule has 0 spiro atoms. The summed E-state index contributed by atoms with van der Waals surface area (Å²) in [7, 11) is 0. The van der Waals surface area contributed by atoms with Crippen molar-refractivity contribution in [3.63, 3.8) is 0 Å². The van der Waals surface area contributed by atoms with Gasteiger partial charge in [-0.1, -0.05) is 20.3 Å². The van der Waals surface area contributed by atoms with Crippen LogP contribution in [0.5, 0.6) is 0 Å². The van der Waals surface area contributed by atoms with Crippen molar-refractivity contribution < 1.29 is 0 Å². The zero-order valence-corrected chi connectivity index (χ0v) is 9.98. The Balaban J connectivity index is 2.00. The van der Waals surface area contributed by atoms with Crippen LogP contribution in [-0.2, 0) is 0 Å². The summed E-state index contributed by atoms with van der Waals surface area (Å²) in [5, 5.41) is 3.46. The zero-order valence-electron chi connectivity index (χ0n) is 9.98. The maximum atomic E-state index is 5.56. The minimum absolute atomic E-state index is 0.336. The predicted molar refractivity (Wildman–Crippen MR) is 66.0 cm³/mol. The van der Waals surface area contributed by atoms with Gasteiger partial charge >= 0.3 is 0 Å². The second kappa shape index (κ2) is 4.68. The van der Waals surface area contributed by atoms with E-state index in [2.05, 4.69) is 29.1 Å². The van der Waals surface area contributed by atoms with Crippen molar-refractivity contribution in [2.24, 2.45) is 11.8 Å². The number of nitrogen functional groups attached to an aromatic ring is 1. The van der Waals surface area contributed by atoms with Crippen LogP contribution in [0.25, 0.3) is 0 Å². The molecule has 1 aliphatic rings. The molecule has 3 unspecified atom stereocenters. The van der Waals surface area contributed by atoms with Crippen LogP contribution in [0.15, 0.2) is 12.3 Å². The Morgan fingerprint density at radius 3 is 2.94 bits per heavy atom. The normalized spacial score (nSPS) is 29.2. The molecule has 4 nitrogen and oxygen atoms in total. The molecular weight excluding hydrogens is 200 g/mol. The van der Waals surface area contributed by atoms with Gasteiger partial charge in [0.05, 0.1) is 0 Å². The van der Waals surface area contributed by atoms with Crippen molar-refractivity contribution in [1.82, 2.24) is 9.97 Å². The molecule has 1 aliphatic carbocycles. The summed E-state index contributed by atoms with van der Waals surface area (Å²) in [6.07, 6.45) is 5.51. The molecule has 2 rings (SSSR count). The molecule has 1 aromatic rings. The number of anilines is 2. The molecule has 0 aliphatic heterocycles. The summed E-state index contributed by atoms with van der Waals surface area (Å²) >= 11 is 0. The molecule has 1 heterocycles. The van der Waals surface area contributed by atoms with Gasteiger partial charge in [0.15, 0.2) is 0 Å². The minimum atomic E-state index is 0.336. The van der Waals surface area contributed by atoms with Crippen molar-refractivity contribution in [2.75, 3.05) is 11.1 Å². The molecule has 88 valence electrons. The molecule has 1 fully saturated rings. The summed E-state index contributed by atoms with van der Waals surface area (Å²) in [5.41, 5.74) is 5.56. The van der Waals surface area contributed by atoms with Gasteiger partial charge in [-0.25, -0.2) is 4.98 Å². The summed E-state index contributed by atoms with van der Waals surface area (Å²) in [4.78, 5) is 8.07. The summed E-state index contributed by atoms with van der Waals surface area (Å²) in [6, 6.07) is 2.40. The lowest BCUT2D eigenvalue weighted by atomic mass is 9.93. The summed E-state index contributed by atoms with van der Waals surface area (Å²) < 4.78 is 0. The molecule has 3 N–H and O–H groups in total. The molecule has 0 amide bonds. The smallest absolute Gasteiger partial charge is 0.221 e. The lowest BCUT2D eigenvalue weighted by molar-refractivity contribution is 0.391. The molecule has 1 saturated carbocycles. The van der Waals surface area contributed by atoms with Gasteiger partial charge < -0.3 is 11.1 Å². The third-order valence-electron chi connectivity index (χ3n) is 3.76. The lowest BCUT2D eigenvalue weighted by Gasteiger charge is -2.21. The van der Waals surface area contributed by atoms with Gasteiger partial charge in [-0.05, 0) is 30.7 Å². The second-order valence-corrected chi connectivity index (χ2v) is 4.66. The van der Waals surface area contributed by atoms with Crippen LogP contribution in [0.3, 0.4) is 0 Å². The molecule has 0 bridgehead atoms. The molecule has 0 radical (unpaired) electrons. The number of rotatable bonds is 3. The first kappa shape index (κ1) is 11.2. The van der Waals surface area contributed by atoms with E-state index in [0.29, 0.717) is 17.9 Å². The average molecular weight is 220 g/mol. The Kier molecular flexibility index (Phi) is 3.27. The van der Waals surface area contributed by atoms with Crippen LogP contribution in [0, 0.1) is 11.8 Å². The van der Waals surface area contributed by atoms with Crippen molar-refractivity contribution in [3.05, 3.63) is 12.3 Å². The first-order valence-electron chi connectivity index (χ1n) is 6.05. The first-order valence-corrected chi connectivity index (χ1v) is 6.05. The van der Waals surface area contributed by atoms with E-state index in [1.54, 1.807) is 6.20 Å². The lowest BCUT2D eigenvalue weighted by Crippen LogP contribution is -2.25. The number of hydrogen-bond donors (Lipinski definition) is 2. The van der Waals surface area contributed by atoms with Crippen LogP contribution in [-0.4, -0.2) is 16.0 Å². The van der Waals surface area contributed by atoms with Crippen molar-refractivity contribution in [3.8, 4) is 0 Å². The fourth-order valence-electron chi connectivity index (χ4n) is 2.67. The highest BCUT2D eigenvalue weighted by molar-refractivity contribution is 5.38. The van der Waals surface area contributed by atoms with E-state index in [1.165, 1.54) is 19.3 Å². The third kappa shape index (κ3) is 2.26.